The van der Waals surface area contributed by atoms with E-state index in [1.807, 2.05) is 29.2 Å². The molecule has 5 rings (SSSR count). The standard InChI is InChI=1S/C20H18F2N6O2S/c1-13-23-19-14-5-2-3-8-17(14)24-20(28(19)25-13)26-9-11-27(12-10-26)31(29,30)18-15(21)6-4-7-16(18)22/h2-8H,9-12H2,1H3. The monoisotopic (exact) mass is 444 g/mol. The van der Waals surface area contributed by atoms with Crippen molar-refractivity contribution < 1.29 is 17.2 Å². The number of fused-ring (bicyclic) bond motifs is 3. The zero-order chi connectivity index (χ0) is 21.8. The maximum Gasteiger partial charge on any atom is 0.249 e. The van der Waals surface area contributed by atoms with E-state index in [2.05, 4.69) is 10.1 Å². The number of hydrogen-bond donors (Lipinski definition) is 0. The number of sulfonamides is 1. The molecule has 0 aliphatic carbocycles. The highest BCUT2D eigenvalue weighted by Crippen LogP contribution is 2.26. The number of piperazine rings is 1. The van der Waals surface area contributed by atoms with Crippen molar-refractivity contribution in [3.05, 3.63) is 59.9 Å². The van der Waals surface area contributed by atoms with Crippen molar-refractivity contribution in [1.82, 2.24) is 23.9 Å². The minimum atomic E-state index is -4.30. The van der Waals surface area contributed by atoms with Crippen molar-refractivity contribution in [2.75, 3.05) is 31.1 Å². The third kappa shape index (κ3) is 3.20. The van der Waals surface area contributed by atoms with Gasteiger partial charge in [-0.2, -0.15) is 8.82 Å². The van der Waals surface area contributed by atoms with Gasteiger partial charge >= 0.3 is 0 Å². The van der Waals surface area contributed by atoms with Crippen molar-refractivity contribution >= 4 is 32.5 Å². The van der Waals surface area contributed by atoms with E-state index in [1.165, 1.54) is 0 Å². The smallest absolute Gasteiger partial charge is 0.249 e. The predicted molar refractivity (Wildman–Crippen MR) is 110 cm³/mol. The van der Waals surface area contributed by atoms with Gasteiger partial charge in [0.15, 0.2) is 10.5 Å². The van der Waals surface area contributed by atoms with Gasteiger partial charge in [0.25, 0.3) is 0 Å². The quantitative estimate of drug-likeness (QED) is 0.483. The Morgan fingerprint density at radius 2 is 1.58 bits per heavy atom. The Kier molecular flexibility index (Phi) is 4.59. The summed E-state index contributed by atoms with van der Waals surface area (Å²) in [5.41, 5.74) is 1.42. The third-order valence-corrected chi connectivity index (χ3v) is 7.26. The van der Waals surface area contributed by atoms with Gasteiger partial charge in [-0.05, 0) is 31.2 Å². The first-order chi connectivity index (χ1) is 14.9. The van der Waals surface area contributed by atoms with Gasteiger partial charge in [-0.25, -0.2) is 27.2 Å². The number of aromatic nitrogens is 4. The van der Waals surface area contributed by atoms with Gasteiger partial charge in [0, 0.05) is 31.6 Å². The van der Waals surface area contributed by atoms with Crippen LogP contribution in [0.1, 0.15) is 5.82 Å². The normalized spacial score (nSPS) is 15.8. The van der Waals surface area contributed by atoms with Crippen LogP contribution in [0.25, 0.3) is 16.6 Å². The van der Waals surface area contributed by atoms with E-state index in [1.54, 1.807) is 11.4 Å². The molecule has 31 heavy (non-hydrogen) atoms. The number of rotatable bonds is 3. The highest BCUT2D eigenvalue weighted by Gasteiger charge is 2.34. The molecule has 0 unspecified atom stereocenters. The van der Waals surface area contributed by atoms with Gasteiger partial charge in [-0.15, -0.1) is 5.10 Å². The predicted octanol–water partition coefficient (Wildman–Crippen LogP) is 2.38. The van der Waals surface area contributed by atoms with E-state index in [0.29, 0.717) is 17.4 Å². The summed E-state index contributed by atoms with van der Waals surface area (Å²) in [4.78, 5) is 10.2. The molecule has 0 spiro atoms. The second-order valence-electron chi connectivity index (χ2n) is 7.27. The summed E-state index contributed by atoms with van der Waals surface area (Å²) >= 11 is 0. The Bertz CT molecular complexity index is 1390. The van der Waals surface area contributed by atoms with E-state index in [0.717, 1.165) is 33.4 Å². The maximum atomic E-state index is 14.1. The van der Waals surface area contributed by atoms with Crippen LogP contribution in [0.5, 0.6) is 0 Å². The largest absolute Gasteiger partial charge is 0.338 e. The van der Waals surface area contributed by atoms with Gasteiger partial charge < -0.3 is 4.90 Å². The Morgan fingerprint density at radius 1 is 0.903 bits per heavy atom. The molecule has 3 heterocycles. The fourth-order valence-corrected chi connectivity index (χ4v) is 5.37. The van der Waals surface area contributed by atoms with Gasteiger partial charge in [0.05, 0.1) is 5.52 Å². The molecule has 0 N–H and O–H groups in total. The highest BCUT2D eigenvalue weighted by atomic mass is 32.2. The molecule has 0 atom stereocenters. The molecule has 1 aliphatic rings. The van der Waals surface area contributed by atoms with E-state index in [-0.39, 0.29) is 26.2 Å². The topological polar surface area (TPSA) is 83.7 Å². The number of anilines is 1. The van der Waals surface area contributed by atoms with Gasteiger partial charge in [0.2, 0.25) is 16.0 Å². The molecule has 2 aromatic carbocycles. The first-order valence-electron chi connectivity index (χ1n) is 9.67. The van der Waals surface area contributed by atoms with E-state index >= 15 is 0 Å². The maximum absolute atomic E-state index is 14.1. The van der Waals surface area contributed by atoms with Crippen molar-refractivity contribution in [3.63, 3.8) is 0 Å². The van der Waals surface area contributed by atoms with Crippen LogP contribution < -0.4 is 4.90 Å². The summed E-state index contributed by atoms with van der Waals surface area (Å²) in [6.07, 6.45) is 0. The summed E-state index contributed by atoms with van der Waals surface area (Å²) in [6, 6.07) is 10.6. The van der Waals surface area contributed by atoms with Crippen LogP contribution in [0.4, 0.5) is 14.7 Å². The fourth-order valence-electron chi connectivity index (χ4n) is 3.84. The average Bonchev–Trinajstić information content (AvgIpc) is 3.14. The van der Waals surface area contributed by atoms with Crippen LogP contribution in [-0.2, 0) is 10.0 Å². The third-order valence-electron chi connectivity index (χ3n) is 5.31. The van der Waals surface area contributed by atoms with Crippen molar-refractivity contribution in [2.24, 2.45) is 0 Å². The van der Waals surface area contributed by atoms with Crippen LogP contribution in [0.15, 0.2) is 47.4 Å². The molecule has 11 heteroatoms. The summed E-state index contributed by atoms with van der Waals surface area (Å²) in [6.45, 7) is 2.47. The fraction of sp³-hybridized carbons (Fsp3) is 0.250. The van der Waals surface area contributed by atoms with Crippen LogP contribution >= 0.6 is 0 Å². The molecule has 4 aromatic rings. The molecule has 8 nitrogen and oxygen atoms in total. The lowest BCUT2D eigenvalue weighted by atomic mass is 10.2. The SMILES string of the molecule is Cc1nc2c3ccccc3nc(N3CCN(S(=O)(=O)c4c(F)cccc4F)CC3)n2n1. The van der Waals surface area contributed by atoms with E-state index in [4.69, 9.17) is 4.98 Å². The second-order valence-corrected chi connectivity index (χ2v) is 9.14. The number of nitrogens with zero attached hydrogens (tertiary/aromatic N) is 6. The Balaban J connectivity index is 1.48. The lowest BCUT2D eigenvalue weighted by Crippen LogP contribution is -2.49. The Morgan fingerprint density at radius 3 is 2.29 bits per heavy atom. The summed E-state index contributed by atoms with van der Waals surface area (Å²) in [5, 5.41) is 5.31. The van der Waals surface area contributed by atoms with Crippen molar-refractivity contribution in [3.8, 4) is 0 Å². The van der Waals surface area contributed by atoms with E-state index < -0.39 is 26.6 Å². The van der Waals surface area contributed by atoms with Crippen LogP contribution in [-0.4, -0.2) is 58.5 Å². The molecule has 0 radical (unpaired) electrons. The average molecular weight is 444 g/mol. The first kappa shape index (κ1) is 19.8. The van der Waals surface area contributed by atoms with Gasteiger partial charge in [-0.3, -0.25) is 0 Å². The molecule has 0 bridgehead atoms. The van der Waals surface area contributed by atoms with Crippen LogP contribution in [0, 0.1) is 18.6 Å². The molecule has 1 saturated heterocycles. The zero-order valence-electron chi connectivity index (χ0n) is 16.5. The summed E-state index contributed by atoms with van der Waals surface area (Å²) in [7, 11) is -4.30. The Hall–Kier alpha value is -3.18. The van der Waals surface area contributed by atoms with Crippen molar-refractivity contribution in [2.45, 2.75) is 11.8 Å². The molecule has 0 amide bonds. The second kappa shape index (κ2) is 7.20. The molecule has 160 valence electrons. The molecule has 2 aromatic heterocycles. The van der Waals surface area contributed by atoms with E-state index in [9.17, 15) is 17.2 Å². The summed E-state index contributed by atoms with van der Waals surface area (Å²) < 4.78 is 56.6. The molecular weight excluding hydrogens is 426 g/mol. The minimum Gasteiger partial charge on any atom is -0.338 e. The number of benzene rings is 2. The van der Waals surface area contributed by atoms with Crippen LogP contribution in [0.2, 0.25) is 0 Å². The lowest BCUT2D eigenvalue weighted by molar-refractivity contribution is 0.376. The Labute approximate surface area is 176 Å². The van der Waals surface area contributed by atoms with Gasteiger partial charge in [-0.1, -0.05) is 18.2 Å². The number of aryl methyl sites for hydroxylation is 1. The number of halogens is 2. The van der Waals surface area contributed by atoms with Gasteiger partial charge in [0.1, 0.15) is 17.5 Å². The minimum absolute atomic E-state index is 0.0553. The van der Waals surface area contributed by atoms with Crippen LogP contribution in [0.3, 0.4) is 0 Å². The number of hydrogen-bond acceptors (Lipinski definition) is 6. The zero-order valence-corrected chi connectivity index (χ0v) is 17.4. The lowest BCUT2D eigenvalue weighted by Gasteiger charge is -2.34. The molecule has 1 fully saturated rings. The highest BCUT2D eigenvalue weighted by molar-refractivity contribution is 7.89. The number of para-hydroxylation sites is 1. The van der Waals surface area contributed by atoms with Crippen molar-refractivity contribution in [1.29, 1.82) is 0 Å². The summed E-state index contributed by atoms with van der Waals surface area (Å²) in [5.74, 6) is -1.06. The molecular formula is C20H18F2N6O2S. The molecule has 0 saturated carbocycles. The first-order valence-corrected chi connectivity index (χ1v) is 11.1. The molecule has 1 aliphatic heterocycles.